The van der Waals surface area contributed by atoms with Gasteiger partial charge in [-0.15, -0.1) is 0 Å². The van der Waals surface area contributed by atoms with Crippen molar-refractivity contribution < 1.29 is 15.3 Å². The second-order valence-corrected chi connectivity index (χ2v) is 8.77. The summed E-state index contributed by atoms with van der Waals surface area (Å²) in [6, 6.07) is 0. The van der Waals surface area contributed by atoms with Crippen molar-refractivity contribution in [2.24, 2.45) is 0 Å². The molecule has 25 heavy (non-hydrogen) atoms. The third-order valence-corrected chi connectivity index (χ3v) is 4.58. The third-order valence-electron chi connectivity index (χ3n) is 4.58. The van der Waals surface area contributed by atoms with Crippen LogP contribution in [0.25, 0.3) is 0 Å². The molecule has 0 amide bonds. The highest BCUT2D eigenvalue weighted by Gasteiger charge is 2.29. The molecule has 3 unspecified atom stereocenters. The second kappa shape index (κ2) is 11.5. The van der Waals surface area contributed by atoms with Gasteiger partial charge in [0.1, 0.15) is 0 Å². The SMILES string of the molecule is CC(O)CNCCC(C)(C)N(CCC(C)(C)NCC(C)O)CC(C)O. The lowest BCUT2D eigenvalue weighted by molar-refractivity contribution is 0.0455. The molecule has 0 spiro atoms. The van der Waals surface area contributed by atoms with Gasteiger partial charge in [0.15, 0.2) is 0 Å². The van der Waals surface area contributed by atoms with Crippen LogP contribution in [0, 0.1) is 0 Å². The van der Waals surface area contributed by atoms with E-state index in [-0.39, 0.29) is 29.4 Å². The van der Waals surface area contributed by atoms with Gasteiger partial charge >= 0.3 is 0 Å². The summed E-state index contributed by atoms with van der Waals surface area (Å²) in [4.78, 5) is 2.34. The lowest BCUT2D eigenvalue weighted by Gasteiger charge is -2.41. The number of aliphatic hydroxyl groups excluding tert-OH is 3. The van der Waals surface area contributed by atoms with Gasteiger partial charge in [0, 0.05) is 37.3 Å². The van der Waals surface area contributed by atoms with Crippen molar-refractivity contribution >= 4 is 0 Å². The third kappa shape index (κ3) is 12.7. The number of hydrogen-bond acceptors (Lipinski definition) is 6. The number of rotatable bonds is 14. The molecule has 5 N–H and O–H groups in total. The largest absolute Gasteiger partial charge is 0.392 e. The van der Waals surface area contributed by atoms with Gasteiger partial charge in [-0.3, -0.25) is 4.90 Å². The average Bonchev–Trinajstić information content (AvgIpc) is 2.45. The van der Waals surface area contributed by atoms with Crippen molar-refractivity contribution in [3.05, 3.63) is 0 Å². The predicted molar refractivity (Wildman–Crippen MR) is 105 cm³/mol. The first-order valence-corrected chi connectivity index (χ1v) is 9.61. The standard InChI is InChI=1S/C19H43N3O3/c1-15(23)12-20-10-8-19(6,7)22(14-17(3)25)11-9-18(4,5)21-13-16(2)24/h15-17,20-21,23-25H,8-14H2,1-7H3. The molecule has 152 valence electrons. The summed E-state index contributed by atoms with van der Waals surface area (Å²) >= 11 is 0. The van der Waals surface area contributed by atoms with Crippen LogP contribution in [-0.4, -0.2) is 82.3 Å². The molecule has 0 aliphatic carbocycles. The molecule has 0 aliphatic heterocycles. The van der Waals surface area contributed by atoms with E-state index in [2.05, 4.69) is 43.2 Å². The van der Waals surface area contributed by atoms with E-state index in [1.807, 2.05) is 6.92 Å². The van der Waals surface area contributed by atoms with Crippen molar-refractivity contribution in [2.45, 2.75) is 90.7 Å². The molecular formula is C19H43N3O3. The van der Waals surface area contributed by atoms with Gasteiger partial charge in [-0.05, 0) is 67.9 Å². The van der Waals surface area contributed by atoms with Crippen molar-refractivity contribution in [2.75, 3.05) is 32.7 Å². The maximum absolute atomic E-state index is 9.90. The van der Waals surface area contributed by atoms with Crippen LogP contribution < -0.4 is 10.6 Å². The minimum absolute atomic E-state index is 0.0525. The van der Waals surface area contributed by atoms with Crippen LogP contribution in [0.4, 0.5) is 0 Å². The first-order valence-electron chi connectivity index (χ1n) is 9.61. The van der Waals surface area contributed by atoms with Crippen LogP contribution >= 0.6 is 0 Å². The van der Waals surface area contributed by atoms with Crippen LogP contribution in [0.5, 0.6) is 0 Å². The van der Waals surface area contributed by atoms with Gasteiger partial charge in [-0.2, -0.15) is 0 Å². The normalized spacial score (nSPS) is 16.9. The van der Waals surface area contributed by atoms with Gasteiger partial charge < -0.3 is 26.0 Å². The van der Waals surface area contributed by atoms with E-state index in [4.69, 9.17) is 0 Å². The molecule has 3 atom stereocenters. The van der Waals surface area contributed by atoms with Crippen molar-refractivity contribution in [1.29, 1.82) is 0 Å². The van der Waals surface area contributed by atoms with Gasteiger partial charge in [-0.25, -0.2) is 0 Å². The van der Waals surface area contributed by atoms with Crippen LogP contribution in [0.15, 0.2) is 0 Å². The lowest BCUT2D eigenvalue weighted by atomic mass is 9.94. The van der Waals surface area contributed by atoms with E-state index in [0.29, 0.717) is 19.6 Å². The summed E-state index contributed by atoms with van der Waals surface area (Å²) < 4.78 is 0. The monoisotopic (exact) mass is 361 g/mol. The van der Waals surface area contributed by atoms with E-state index in [0.717, 1.165) is 25.9 Å². The summed E-state index contributed by atoms with van der Waals surface area (Å²) in [5.74, 6) is 0. The fourth-order valence-electron chi connectivity index (χ4n) is 2.75. The molecule has 0 radical (unpaired) electrons. The van der Waals surface area contributed by atoms with Crippen molar-refractivity contribution in [3.63, 3.8) is 0 Å². The van der Waals surface area contributed by atoms with Crippen LogP contribution in [0.3, 0.4) is 0 Å². The Morgan fingerprint density at radius 1 is 0.840 bits per heavy atom. The molecule has 0 aromatic rings. The molecule has 0 aromatic heterocycles. The molecule has 0 bridgehead atoms. The average molecular weight is 362 g/mol. The van der Waals surface area contributed by atoms with E-state index in [9.17, 15) is 15.3 Å². The zero-order chi connectivity index (χ0) is 19.7. The van der Waals surface area contributed by atoms with E-state index in [1.165, 1.54) is 0 Å². The molecule has 0 saturated heterocycles. The molecule has 0 saturated carbocycles. The highest BCUT2D eigenvalue weighted by atomic mass is 16.3. The van der Waals surface area contributed by atoms with Gasteiger partial charge in [-0.1, -0.05) is 0 Å². The van der Waals surface area contributed by atoms with Crippen molar-refractivity contribution in [1.82, 2.24) is 15.5 Å². The first-order chi connectivity index (χ1) is 11.4. The second-order valence-electron chi connectivity index (χ2n) is 8.77. The van der Waals surface area contributed by atoms with Gasteiger partial charge in [0.2, 0.25) is 0 Å². The quantitative estimate of drug-likeness (QED) is 0.296. The summed E-state index contributed by atoms with van der Waals surface area (Å²) in [6.45, 7) is 17.6. The predicted octanol–water partition coefficient (Wildman–Crippen LogP) is 0.947. The number of β-amino-alcohol motifs (C(OH)–C–C–N with tert-alkyl or cyclic N) is 2. The minimum atomic E-state index is -0.377. The Bertz CT molecular complexity index is 345. The van der Waals surface area contributed by atoms with E-state index >= 15 is 0 Å². The number of nitrogens with one attached hydrogen (secondary N) is 2. The Labute approximate surface area is 155 Å². The zero-order valence-corrected chi connectivity index (χ0v) is 17.5. The smallest absolute Gasteiger partial charge is 0.0639 e. The highest BCUT2D eigenvalue weighted by Crippen LogP contribution is 2.21. The molecular weight excluding hydrogens is 318 g/mol. The first kappa shape index (κ1) is 24.8. The highest BCUT2D eigenvalue weighted by molar-refractivity contribution is 4.87. The molecule has 6 heteroatoms. The topological polar surface area (TPSA) is 88.0 Å². The Morgan fingerprint density at radius 3 is 1.88 bits per heavy atom. The fraction of sp³-hybridized carbons (Fsp3) is 1.00. The maximum Gasteiger partial charge on any atom is 0.0639 e. The molecule has 0 aliphatic rings. The van der Waals surface area contributed by atoms with E-state index in [1.54, 1.807) is 13.8 Å². The molecule has 0 heterocycles. The number of hydrogen-bond donors (Lipinski definition) is 5. The lowest BCUT2D eigenvalue weighted by Crippen LogP contribution is -2.52. The van der Waals surface area contributed by atoms with Crippen LogP contribution in [-0.2, 0) is 0 Å². The Morgan fingerprint density at radius 2 is 1.40 bits per heavy atom. The summed E-state index contributed by atoms with van der Waals surface area (Å²) in [5.41, 5.74) is -0.127. The minimum Gasteiger partial charge on any atom is -0.392 e. The van der Waals surface area contributed by atoms with Crippen molar-refractivity contribution in [3.8, 4) is 0 Å². The summed E-state index contributed by atoms with van der Waals surface area (Å²) in [5, 5.41) is 35.4. The van der Waals surface area contributed by atoms with E-state index < -0.39 is 0 Å². The summed E-state index contributed by atoms with van der Waals surface area (Å²) in [7, 11) is 0. The van der Waals surface area contributed by atoms with Gasteiger partial charge in [0.05, 0.1) is 18.3 Å². The molecule has 0 fully saturated rings. The van der Waals surface area contributed by atoms with Crippen LogP contribution in [0.1, 0.15) is 61.3 Å². The Balaban J connectivity index is 4.64. The maximum atomic E-state index is 9.90. The molecule has 0 aromatic carbocycles. The van der Waals surface area contributed by atoms with Gasteiger partial charge in [0.25, 0.3) is 0 Å². The number of nitrogens with zero attached hydrogens (tertiary/aromatic N) is 1. The molecule has 6 nitrogen and oxygen atoms in total. The molecule has 0 rings (SSSR count). The summed E-state index contributed by atoms with van der Waals surface area (Å²) in [6.07, 6.45) is 0.797. The Kier molecular flexibility index (Phi) is 11.4. The number of aliphatic hydroxyl groups is 3. The van der Waals surface area contributed by atoms with Crippen LogP contribution in [0.2, 0.25) is 0 Å². The fourth-order valence-corrected chi connectivity index (χ4v) is 2.75. The Hall–Kier alpha value is -0.240. The zero-order valence-electron chi connectivity index (χ0n) is 17.5.